The number of ether oxygens (including phenoxy) is 1. The lowest BCUT2D eigenvalue weighted by Gasteiger charge is -2.33. The maximum atomic E-state index is 13.2. The normalized spacial score (nSPS) is 35.1. The molecule has 0 amide bonds. The summed E-state index contributed by atoms with van der Waals surface area (Å²) in [4.78, 5) is 11.1. The molecule has 2 unspecified atom stereocenters. The third-order valence-corrected chi connectivity index (χ3v) is 7.44. The average Bonchev–Trinajstić information content (AvgIpc) is 3.14. The number of anilines is 1. The highest BCUT2D eigenvalue weighted by molar-refractivity contribution is 6.04. The van der Waals surface area contributed by atoms with Crippen molar-refractivity contribution >= 4 is 17.2 Å². The molecule has 4 aliphatic rings. The highest BCUT2D eigenvalue weighted by atomic mass is 19.4. The number of allylic oxidation sites excluding steroid dienone is 1. The Balaban J connectivity index is 1.32. The van der Waals surface area contributed by atoms with Gasteiger partial charge in [0.05, 0.1) is 18.3 Å². The molecule has 2 bridgehead atoms. The second kappa shape index (κ2) is 7.73. The predicted octanol–water partition coefficient (Wildman–Crippen LogP) is 3.33. The largest absolute Gasteiger partial charge is 0.419 e. The molecule has 2 aliphatic heterocycles. The van der Waals surface area contributed by atoms with Gasteiger partial charge in [0.25, 0.3) is 0 Å². The summed E-state index contributed by atoms with van der Waals surface area (Å²) in [5.41, 5.74) is 12.0. The van der Waals surface area contributed by atoms with Gasteiger partial charge < -0.3 is 16.2 Å². The van der Waals surface area contributed by atoms with Crippen molar-refractivity contribution in [2.24, 2.45) is 28.5 Å². The summed E-state index contributed by atoms with van der Waals surface area (Å²) >= 11 is 0. The number of nitrogen functional groups attached to an aromatic ring is 1. The molecule has 4 fully saturated rings. The first-order chi connectivity index (χ1) is 15.1. The lowest BCUT2D eigenvalue weighted by molar-refractivity contribution is -0.137. The quantitative estimate of drug-likeness (QED) is 0.673. The fourth-order valence-electron chi connectivity index (χ4n) is 6.02. The second-order valence-electron chi connectivity index (χ2n) is 9.92. The maximum Gasteiger partial charge on any atom is 0.419 e. The summed E-state index contributed by atoms with van der Waals surface area (Å²) in [5.74, 6) is 0.912. The Morgan fingerprint density at radius 3 is 2.53 bits per heavy atom. The fourth-order valence-corrected chi connectivity index (χ4v) is 6.02. The number of halogens is 3. The summed E-state index contributed by atoms with van der Waals surface area (Å²) in [6.07, 6.45) is 2.31. The van der Waals surface area contributed by atoms with E-state index in [9.17, 15) is 13.2 Å². The van der Waals surface area contributed by atoms with Crippen LogP contribution in [0.1, 0.15) is 44.2 Å². The number of aliphatic imine (C=N–C) groups is 1. The van der Waals surface area contributed by atoms with E-state index < -0.39 is 17.6 Å². The van der Waals surface area contributed by atoms with Gasteiger partial charge in [0.1, 0.15) is 5.82 Å². The molecule has 3 heterocycles. The number of rotatable bonds is 5. The Morgan fingerprint density at radius 2 is 1.97 bits per heavy atom. The summed E-state index contributed by atoms with van der Waals surface area (Å²) in [6, 6.07) is 2.22. The number of pyridine rings is 1. The van der Waals surface area contributed by atoms with Crippen LogP contribution in [0.25, 0.3) is 5.70 Å². The van der Waals surface area contributed by atoms with Gasteiger partial charge in [0, 0.05) is 53.8 Å². The number of fused-ring (bicyclic) bond motifs is 3. The van der Waals surface area contributed by atoms with Crippen LogP contribution in [0.4, 0.5) is 19.0 Å². The minimum Gasteiger partial charge on any atom is -0.398 e. The van der Waals surface area contributed by atoms with Gasteiger partial charge in [-0.2, -0.15) is 13.2 Å². The zero-order valence-electron chi connectivity index (χ0n) is 18.3. The molecule has 32 heavy (non-hydrogen) atoms. The Morgan fingerprint density at radius 1 is 1.25 bits per heavy atom. The van der Waals surface area contributed by atoms with Crippen LogP contribution in [0.15, 0.2) is 23.3 Å². The van der Waals surface area contributed by atoms with Crippen molar-refractivity contribution in [1.82, 2.24) is 9.88 Å². The Labute approximate surface area is 185 Å². The maximum absolute atomic E-state index is 13.2. The van der Waals surface area contributed by atoms with Crippen molar-refractivity contribution < 1.29 is 17.9 Å². The van der Waals surface area contributed by atoms with Crippen molar-refractivity contribution in [1.29, 1.82) is 0 Å². The van der Waals surface area contributed by atoms with E-state index in [1.165, 1.54) is 6.20 Å². The molecule has 6 nitrogen and oxygen atoms in total. The van der Waals surface area contributed by atoms with Crippen LogP contribution in [0.3, 0.4) is 0 Å². The molecule has 2 saturated heterocycles. The van der Waals surface area contributed by atoms with E-state index in [0.29, 0.717) is 35.9 Å². The first-order valence-corrected chi connectivity index (χ1v) is 11.4. The minimum absolute atomic E-state index is 0.0768. The molecule has 0 radical (unpaired) electrons. The van der Waals surface area contributed by atoms with E-state index in [2.05, 4.69) is 9.88 Å². The van der Waals surface area contributed by atoms with Gasteiger partial charge in [-0.15, -0.1) is 0 Å². The number of hydrogen-bond acceptors (Lipinski definition) is 6. The van der Waals surface area contributed by atoms with Crippen molar-refractivity contribution in [2.75, 3.05) is 18.9 Å². The molecular weight excluding hydrogens is 419 g/mol. The Bertz CT molecular complexity index is 947. The van der Waals surface area contributed by atoms with Crippen molar-refractivity contribution in [3.8, 4) is 0 Å². The number of nitrogens with zero attached hydrogens (tertiary/aromatic N) is 3. The first kappa shape index (κ1) is 21.7. The topological polar surface area (TPSA) is 89.8 Å². The average molecular weight is 450 g/mol. The van der Waals surface area contributed by atoms with E-state index in [-0.39, 0.29) is 17.3 Å². The molecule has 1 aromatic rings. The first-order valence-electron chi connectivity index (χ1n) is 11.4. The van der Waals surface area contributed by atoms with Crippen molar-refractivity contribution in [2.45, 2.75) is 63.5 Å². The number of hydrogen-bond donors (Lipinski definition) is 2. The molecule has 1 aromatic heterocycles. The Hall–Kier alpha value is -2.13. The third-order valence-electron chi connectivity index (χ3n) is 7.44. The van der Waals surface area contributed by atoms with E-state index in [0.717, 1.165) is 44.2 Å². The van der Waals surface area contributed by atoms with Gasteiger partial charge >= 0.3 is 6.18 Å². The van der Waals surface area contributed by atoms with Crippen LogP contribution in [0.2, 0.25) is 0 Å². The standard InChI is InChI=1S/C23H30F3N5O/c1-11(2)30-20(7-19(27)12-3-18(23(24,25)26)22(28)29-8-12)21-16-5-13(6-17(16)21)31-9-15-4-14(31)10-32-15/h3,7-8,11,13-17,21H,4-6,9-10,27H2,1-2H3,(H2,28,29)/t13?,14-,15-,16-,17+,21?/m1/s1. The smallest absolute Gasteiger partial charge is 0.398 e. The molecule has 2 saturated carbocycles. The number of morpholine rings is 1. The lowest BCUT2D eigenvalue weighted by atomic mass is 10.00. The lowest BCUT2D eigenvalue weighted by Crippen LogP contribution is -2.44. The summed E-state index contributed by atoms with van der Waals surface area (Å²) < 4.78 is 45.4. The SMILES string of the molecule is CC(C)N=C(C=C(N)c1cnc(N)c(C(F)(F)F)c1)C1[C@H]2CC(N3C[C@H]4C[C@@H]3CO4)C[C@@H]12. The van der Waals surface area contributed by atoms with Crippen LogP contribution < -0.4 is 11.5 Å². The van der Waals surface area contributed by atoms with Crippen LogP contribution in [0, 0.1) is 17.8 Å². The summed E-state index contributed by atoms with van der Waals surface area (Å²) in [5, 5.41) is 0. The fraction of sp³-hybridized carbons (Fsp3) is 0.652. The number of likely N-dealkylation sites (tertiary alicyclic amines) is 1. The molecule has 4 N–H and O–H groups in total. The molecule has 9 heteroatoms. The van der Waals surface area contributed by atoms with E-state index in [4.69, 9.17) is 21.2 Å². The van der Waals surface area contributed by atoms with Crippen molar-refractivity contribution in [3.63, 3.8) is 0 Å². The molecular formula is C23H30F3N5O. The van der Waals surface area contributed by atoms with Crippen LogP contribution in [0.5, 0.6) is 0 Å². The van der Waals surface area contributed by atoms with Crippen LogP contribution in [-0.2, 0) is 10.9 Å². The van der Waals surface area contributed by atoms with E-state index in [1.807, 2.05) is 13.8 Å². The van der Waals surface area contributed by atoms with Crippen LogP contribution >= 0.6 is 0 Å². The van der Waals surface area contributed by atoms with E-state index in [1.54, 1.807) is 6.08 Å². The van der Waals surface area contributed by atoms with Gasteiger partial charge in [-0.3, -0.25) is 9.89 Å². The number of aromatic nitrogens is 1. The monoisotopic (exact) mass is 449 g/mol. The Kier molecular flexibility index (Phi) is 5.24. The number of alkyl halides is 3. The molecule has 0 aromatic carbocycles. The zero-order chi connectivity index (χ0) is 22.8. The molecule has 6 atom stereocenters. The van der Waals surface area contributed by atoms with Crippen molar-refractivity contribution in [3.05, 3.63) is 29.5 Å². The highest BCUT2D eigenvalue weighted by Crippen LogP contribution is 2.60. The van der Waals surface area contributed by atoms with Gasteiger partial charge in [-0.25, -0.2) is 4.98 Å². The van der Waals surface area contributed by atoms with Crippen LogP contribution in [-0.4, -0.2) is 53.0 Å². The highest BCUT2D eigenvalue weighted by Gasteiger charge is 2.60. The molecule has 2 aliphatic carbocycles. The summed E-state index contributed by atoms with van der Waals surface area (Å²) in [6.45, 7) is 5.90. The molecule has 174 valence electrons. The number of nitrogens with two attached hydrogens (primary N) is 2. The van der Waals surface area contributed by atoms with Gasteiger partial charge in [0.15, 0.2) is 0 Å². The van der Waals surface area contributed by atoms with Gasteiger partial charge in [-0.05, 0) is 57.1 Å². The zero-order valence-corrected chi connectivity index (χ0v) is 18.3. The minimum atomic E-state index is -4.58. The van der Waals surface area contributed by atoms with Gasteiger partial charge in [-0.1, -0.05) is 0 Å². The van der Waals surface area contributed by atoms with E-state index >= 15 is 0 Å². The second-order valence-corrected chi connectivity index (χ2v) is 9.92. The molecule has 0 spiro atoms. The van der Waals surface area contributed by atoms with Gasteiger partial charge in [0.2, 0.25) is 0 Å². The predicted molar refractivity (Wildman–Crippen MR) is 117 cm³/mol. The molecule has 5 rings (SSSR count). The summed E-state index contributed by atoms with van der Waals surface area (Å²) in [7, 11) is 0. The third kappa shape index (κ3) is 3.90.